The lowest BCUT2D eigenvalue weighted by atomic mass is 9.74. The first-order chi connectivity index (χ1) is 13.1. The van der Waals surface area contributed by atoms with Gasteiger partial charge in [0.15, 0.2) is 0 Å². The molecule has 4 bridgehead atoms. The third kappa shape index (κ3) is 1.92. The fourth-order valence-electron chi connectivity index (χ4n) is 5.69. The Kier molecular flexibility index (Phi) is 3.29. The molecule has 0 spiro atoms. The molecule has 4 saturated heterocycles. The van der Waals surface area contributed by atoms with Gasteiger partial charge < -0.3 is 9.47 Å². The number of amides is 4. The van der Waals surface area contributed by atoms with E-state index < -0.39 is 11.2 Å². The van der Waals surface area contributed by atoms with Crippen molar-refractivity contribution < 1.29 is 28.7 Å². The third-order valence-electron chi connectivity index (χ3n) is 7.43. The van der Waals surface area contributed by atoms with Crippen molar-refractivity contribution in [2.24, 2.45) is 23.7 Å². The number of imide groups is 2. The monoisotopic (exact) mass is 386 g/mol. The van der Waals surface area contributed by atoms with Crippen LogP contribution in [0, 0.1) is 23.7 Å². The molecule has 0 aromatic heterocycles. The van der Waals surface area contributed by atoms with E-state index in [-0.39, 0.29) is 59.5 Å². The largest absolute Gasteiger partial charge is 0.362 e. The van der Waals surface area contributed by atoms with E-state index in [4.69, 9.17) is 9.47 Å². The van der Waals surface area contributed by atoms with E-state index in [0.717, 1.165) is 11.1 Å². The maximum atomic E-state index is 11.6. The number of hydrogen-bond donors (Lipinski definition) is 2. The molecule has 6 aliphatic heterocycles. The molecular formula is C20H22N2O6. The minimum absolute atomic E-state index is 0.183. The molecule has 6 rings (SSSR count). The van der Waals surface area contributed by atoms with E-state index in [9.17, 15) is 19.2 Å². The smallest absolute Gasteiger partial charge is 0.233 e. The molecule has 8 heteroatoms. The molecule has 28 heavy (non-hydrogen) atoms. The van der Waals surface area contributed by atoms with E-state index in [1.165, 1.54) is 0 Å². The fourth-order valence-corrected chi connectivity index (χ4v) is 5.69. The van der Waals surface area contributed by atoms with E-state index in [2.05, 4.69) is 10.6 Å². The summed E-state index contributed by atoms with van der Waals surface area (Å²) in [6.07, 6.45) is 3.52. The van der Waals surface area contributed by atoms with Gasteiger partial charge in [0.25, 0.3) is 0 Å². The Hall–Kier alpha value is -2.32. The van der Waals surface area contributed by atoms with Gasteiger partial charge in [-0.3, -0.25) is 29.8 Å². The van der Waals surface area contributed by atoms with Gasteiger partial charge in [0.05, 0.1) is 47.1 Å². The molecule has 0 saturated carbocycles. The number of fused-ring (bicyclic) bond motifs is 10. The average Bonchev–Trinajstić information content (AvgIpc) is 3.36. The summed E-state index contributed by atoms with van der Waals surface area (Å²) >= 11 is 0. The third-order valence-corrected chi connectivity index (χ3v) is 7.43. The van der Waals surface area contributed by atoms with Gasteiger partial charge in [-0.15, -0.1) is 0 Å². The SMILES string of the molecule is CC1=C[C@H]2O[C@]1(C)[C@@H]1C(=O)NC(=O)[C@@H]12.CC1=C[C@H]2O[C@]1(C)[C@@H]1C(=O)NC(=O)[C@@H]12. The van der Waals surface area contributed by atoms with Crippen molar-refractivity contribution in [3.05, 3.63) is 23.3 Å². The molecule has 8 atom stereocenters. The van der Waals surface area contributed by atoms with Gasteiger partial charge >= 0.3 is 0 Å². The molecule has 6 heterocycles. The van der Waals surface area contributed by atoms with Crippen molar-refractivity contribution in [2.45, 2.75) is 51.1 Å². The van der Waals surface area contributed by atoms with Crippen LogP contribution in [0.5, 0.6) is 0 Å². The van der Waals surface area contributed by atoms with E-state index >= 15 is 0 Å². The van der Waals surface area contributed by atoms with Crippen LogP contribution < -0.4 is 10.6 Å². The fraction of sp³-hybridized carbons (Fsp3) is 0.600. The van der Waals surface area contributed by atoms with E-state index in [0.29, 0.717) is 0 Å². The van der Waals surface area contributed by atoms with Crippen LogP contribution in [-0.2, 0) is 28.7 Å². The zero-order valence-electron chi connectivity index (χ0n) is 16.1. The summed E-state index contributed by atoms with van der Waals surface area (Å²) in [4.78, 5) is 46.1. The van der Waals surface area contributed by atoms with Gasteiger partial charge in [-0.1, -0.05) is 12.2 Å². The number of nitrogens with one attached hydrogen (secondary N) is 2. The average molecular weight is 386 g/mol. The van der Waals surface area contributed by atoms with Crippen LogP contribution >= 0.6 is 0 Å². The van der Waals surface area contributed by atoms with Gasteiger partial charge in [-0.25, -0.2) is 0 Å². The Morgan fingerprint density at radius 1 is 0.714 bits per heavy atom. The Balaban J connectivity index is 0.000000122. The molecule has 2 N–H and O–H groups in total. The summed E-state index contributed by atoms with van der Waals surface area (Å²) in [5, 5.41) is 4.75. The number of rotatable bonds is 0. The van der Waals surface area contributed by atoms with Crippen LogP contribution in [0.25, 0.3) is 0 Å². The van der Waals surface area contributed by atoms with Crippen molar-refractivity contribution in [1.82, 2.24) is 10.6 Å². The Bertz CT molecular complexity index is 848. The van der Waals surface area contributed by atoms with Crippen molar-refractivity contribution in [3.63, 3.8) is 0 Å². The lowest BCUT2D eigenvalue weighted by molar-refractivity contribution is -0.131. The lowest BCUT2D eigenvalue weighted by Gasteiger charge is -2.27. The maximum absolute atomic E-state index is 11.6. The summed E-state index contributed by atoms with van der Waals surface area (Å²) in [6, 6.07) is 0. The second kappa shape index (κ2) is 5.18. The standard InChI is InChI=1S/2C10H11NO3/c2*1-4-3-5-6-7(10(4,2)14-5)9(13)11-8(6)12/h2*3,5-7H,1-2H3,(H,11,12,13)/t2*5-,6-,7+,10+/m11/s1. The second-order valence-corrected chi connectivity index (χ2v) is 8.79. The van der Waals surface area contributed by atoms with Crippen LogP contribution in [-0.4, -0.2) is 47.0 Å². The molecule has 4 amide bonds. The number of carbonyl (C=O) groups excluding carboxylic acids is 4. The zero-order chi connectivity index (χ0) is 20.2. The molecule has 0 radical (unpaired) electrons. The molecule has 0 aliphatic carbocycles. The van der Waals surface area contributed by atoms with E-state index in [1.54, 1.807) is 0 Å². The molecule has 0 unspecified atom stereocenters. The zero-order valence-corrected chi connectivity index (χ0v) is 16.1. The highest BCUT2D eigenvalue weighted by atomic mass is 16.5. The highest BCUT2D eigenvalue weighted by Crippen LogP contribution is 2.53. The maximum Gasteiger partial charge on any atom is 0.233 e. The van der Waals surface area contributed by atoms with Crippen molar-refractivity contribution >= 4 is 23.6 Å². The van der Waals surface area contributed by atoms with Crippen molar-refractivity contribution in [3.8, 4) is 0 Å². The van der Waals surface area contributed by atoms with Gasteiger partial charge in [-0.05, 0) is 38.8 Å². The summed E-state index contributed by atoms with van der Waals surface area (Å²) in [5.74, 6) is -1.95. The summed E-state index contributed by atoms with van der Waals surface area (Å²) in [5.41, 5.74) is 1.03. The first-order valence-corrected chi connectivity index (χ1v) is 9.51. The highest BCUT2D eigenvalue weighted by molar-refractivity contribution is 6.08. The lowest BCUT2D eigenvalue weighted by Crippen LogP contribution is -2.39. The van der Waals surface area contributed by atoms with Crippen LogP contribution in [0.2, 0.25) is 0 Å². The molecule has 6 aliphatic rings. The second-order valence-electron chi connectivity index (χ2n) is 8.79. The predicted molar refractivity (Wildman–Crippen MR) is 94.3 cm³/mol. The number of hydrogen-bond acceptors (Lipinski definition) is 6. The summed E-state index contributed by atoms with van der Waals surface area (Å²) in [6.45, 7) is 7.68. The van der Waals surface area contributed by atoms with Crippen LogP contribution in [0.4, 0.5) is 0 Å². The van der Waals surface area contributed by atoms with Gasteiger partial charge in [0.1, 0.15) is 0 Å². The molecule has 0 aromatic carbocycles. The van der Waals surface area contributed by atoms with Crippen LogP contribution in [0.15, 0.2) is 23.3 Å². The molecule has 0 aromatic rings. The highest BCUT2D eigenvalue weighted by Gasteiger charge is 2.66. The first kappa shape index (κ1) is 17.8. The molecular weight excluding hydrogens is 364 g/mol. The number of ether oxygens (including phenoxy) is 2. The molecule has 148 valence electrons. The van der Waals surface area contributed by atoms with Crippen molar-refractivity contribution in [1.29, 1.82) is 0 Å². The Labute approximate surface area is 161 Å². The summed E-state index contributed by atoms with van der Waals surface area (Å²) < 4.78 is 11.4. The van der Waals surface area contributed by atoms with E-state index in [1.807, 2.05) is 39.8 Å². The minimum atomic E-state index is -0.550. The van der Waals surface area contributed by atoms with Gasteiger partial charge in [0, 0.05) is 0 Å². The normalized spacial score (nSPS) is 49.3. The Morgan fingerprint density at radius 2 is 1.07 bits per heavy atom. The van der Waals surface area contributed by atoms with Gasteiger partial charge in [0.2, 0.25) is 23.6 Å². The topological polar surface area (TPSA) is 111 Å². The van der Waals surface area contributed by atoms with Gasteiger partial charge in [-0.2, -0.15) is 0 Å². The minimum Gasteiger partial charge on any atom is -0.362 e. The first-order valence-electron chi connectivity index (χ1n) is 9.51. The molecule has 8 nitrogen and oxygen atoms in total. The van der Waals surface area contributed by atoms with Crippen LogP contribution in [0.3, 0.4) is 0 Å². The Morgan fingerprint density at radius 3 is 1.43 bits per heavy atom. The van der Waals surface area contributed by atoms with Crippen molar-refractivity contribution in [2.75, 3.05) is 0 Å². The number of carbonyl (C=O) groups is 4. The predicted octanol–water partition coefficient (Wildman–Crippen LogP) is -0.0148. The van der Waals surface area contributed by atoms with Crippen LogP contribution in [0.1, 0.15) is 27.7 Å². The summed E-state index contributed by atoms with van der Waals surface area (Å²) in [7, 11) is 0. The molecule has 4 fully saturated rings. The quantitative estimate of drug-likeness (QED) is 0.447.